The van der Waals surface area contributed by atoms with Crippen LogP contribution in [0, 0.1) is 0 Å². The zero-order chi connectivity index (χ0) is 9.73. The van der Waals surface area contributed by atoms with Gasteiger partial charge in [0.15, 0.2) is 0 Å². The molecular formula is C9H12O2S2. The molecule has 0 saturated heterocycles. The van der Waals surface area contributed by atoms with Gasteiger partial charge in [-0.2, -0.15) is 0 Å². The summed E-state index contributed by atoms with van der Waals surface area (Å²) in [5.74, 6) is 0.738. The molecule has 0 aromatic heterocycles. The van der Waals surface area contributed by atoms with Crippen LogP contribution in [0.15, 0.2) is 30.3 Å². The Morgan fingerprint density at radius 1 is 1.23 bits per heavy atom. The van der Waals surface area contributed by atoms with E-state index in [1.807, 2.05) is 37.3 Å². The van der Waals surface area contributed by atoms with E-state index in [0.717, 1.165) is 16.4 Å². The largest absolute Gasteiger partial charge is 0.217 e. The van der Waals surface area contributed by atoms with Gasteiger partial charge in [-0.25, -0.2) is 8.42 Å². The third-order valence-corrected chi connectivity index (χ3v) is 4.90. The Labute approximate surface area is 82.7 Å². The van der Waals surface area contributed by atoms with E-state index in [4.69, 9.17) is 0 Å². The highest BCUT2D eigenvalue weighted by Gasteiger charge is 2.10. The van der Waals surface area contributed by atoms with Crippen molar-refractivity contribution in [3.63, 3.8) is 0 Å². The topological polar surface area (TPSA) is 34.1 Å². The zero-order valence-electron chi connectivity index (χ0n) is 7.43. The standard InChI is InChI=1S/C9H12O2S2/c1-2-12-13(10,11)8-9-6-4-3-5-7-9/h3-7H,2,8H2,1H3. The predicted octanol–water partition coefficient (Wildman–Crippen LogP) is 2.27. The van der Waals surface area contributed by atoms with Crippen molar-refractivity contribution >= 4 is 19.7 Å². The van der Waals surface area contributed by atoms with Crippen LogP contribution in [0.5, 0.6) is 0 Å². The zero-order valence-corrected chi connectivity index (χ0v) is 9.07. The van der Waals surface area contributed by atoms with Crippen LogP contribution in [0.4, 0.5) is 0 Å². The molecule has 0 amide bonds. The highest BCUT2D eigenvalue weighted by Crippen LogP contribution is 2.17. The first-order valence-electron chi connectivity index (χ1n) is 4.05. The molecule has 0 saturated carbocycles. The molecule has 72 valence electrons. The average molecular weight is 216 g/mol. The fourth-order valence-electron chi connectivity index (χ4n) is 1.000. The first-order valence-corrected chi connectivity index (χ1v) is 7.20. The fraction of sp³-hybridized carbons (Fsp3) is 0.333. The number of rotatable bonds is 4. The molecule has 0 aliphatic rings. The van der Waals surface area contributed by atoms with Crippen molar-refractivity contribution in [2.75, 3.05) is 5.75 Å². The molecule has 0 aliphatic heterocycles. The molecule has 0 bridgehead atoms. The minimum atomic E-state index is -2.97. The monoisotopic (exact) mass is 216 g/mol. The summed E-state index contributed by atoms with van der Waals surface area (Å²) in [6.07, 6.45) is 0. The Balaban J connectivity index is 2.70. The summed E-state index contributed by atoms with van der Waals surface area (Å²) in [4.78, 5) is 0. The SMILES string of the molecule is CCSS(=O)(=O)Cc1ccccc1. The smallest absolute Gasteiger partial charge is 0.205 e. The second-order valence-electron chi connectivity index (χ2n) is 2.59. The molecule has 0 spiro atoms. The lowest BCUT2D eigenvalue weighted by atomic mass is 10.2. The van der Waals surface area contributed by atoms with Crippen molar-refractivity contribution in [2.24, 2.45) is 0 Å². The van der Waals surface area contributed by atoms with Gasteiger partial charge in [0.25, 0.3) is 0 Å². The van der Waals surface area contributed by atoms with Gasteiger partial charge in [0.1, 0.15) is 0 Å². The molecule has 0 heterocycles. The first kappa shape index (κ1) is 10.6. The maximum Gasteiger partial charge on any atom is 0.205 e. The minimum absolute atomic E-state index is 0.131. The number of benzene rings is 1. The molecule has 2 nitrogen and oxygen atoms in total. The quantitative estimate of drug-likeness (QED) is 0.724. The summed E-state index contributed by atoms with van der Waals surface area (Å²) in [5, 5.41) is 0. The van der Waals surface area contributed by atoms with Crippen LogP contribution in [0.2, 0.25) is 0 Å². The van der Waals surface area contributed by atoms with Crippen LogP contribution in [0.3, 0.4) is 0 Å². The molecule has 0 N–H and O–H groups in total. The third-order valence-electron chi connectivity index (χ3n) is 1.48. The van der Waals surface area contributed by atoms with Crippen molar-refractivity contribution in [1.82, 2.24) is 0 Å². The summed E-state index contributed by atoms with van der Waals surface area (Å²) in [5.41, 5.74) is 0.850. The molecule has 0 unspecified atom stereocenters. The fourth-order valence-corrected chi connectivity index (χ4v) is 3.78. The van der Waals surface area contributed by atoms with Gasteiger partial charge in [0.05, 0.1) is 5.75 Å². The maximum atomic E-state index is 11.4. The summed E-state index contributed by atoms with van der Waals surface area (Å²) in [6, 6.07) is 9.23. The van der Waals surface area contributed by atoms with Gasteiger partial charge in [0, 0.05) is 5.75 Å². The Kier molecular flexibility index (Phi) is 3.81. The van der Waals surface area contributed by atoms with Crippen molar-refractivity contribution in [2.45, 2.75) is 12.7 Å². The van der Waals surface area contributed by atoms with E-state index in [0.29, 0.717) is 5.75 Å². The van der Waals surface area contributed by atoms with Gasteiger partial charge in [-0.05, 0) is 16.4 Å². The van der Waals surface area contributed by atoms with Crippen molar-refractivity contribution in [3.05, 3.63) is 35.9 Å². The lowest BCUT2D eigenvalue weighted by Gasteiger charge is -2.01. The van der Waals surface area contributed by atoms with Gasteiger partial charge in [-0.3, -0.25) is 0 Å². The van der Waals surface area contributed by atoms with E-state index in [1.54, 1.807) is 0 Å². The molecule has 1 aromatic rings. The molecule has 0 atom stereocenters. The van der Waals surface area contributed by atoms with Crippen molar-refractivity contribution in [3.8, 4) is 0 Å². The van der Waals surface area contributed by atoms with Gasteiger partial charge in [-0.1, -0.05) is 37.3 Å². The van der Waals surface area contributed by atoms with Crippen LogP contribution in [-0.4, -0.2) is 14.2 Å². The first-order chi connectivity index (χ1) is 6.14. The molecular weight excluding hydrogens is 204 g/mol. The van der Waals surface area contributed by atoms with Gasteiger partial charge in [0.2, 0.25) is 8.87 Å². The second kappa shape index (κ2) is 4.67. The Morgan fingerprint density at radius 3 is 2.38 bits per heavy atom. The maximum absolute atomic E-state index is 11.4. The van der Waals surface area contributed by atoms with E-state index in [-0.39, 0.29) is 5.75 Å². The van der Waals surface area contributed by atoms with E-state index in [2.05, 4.69) is 0 Å². The van der Waals surface area contributed by atoms with Crippen LogP contribution in [0.25, 0.3) is 0 Å². The second-order valence-corrected chi connectivity index (χ2v) is 7.04. The molecule has 0 fully saturated rings. The Morgan fingerprint density at radius 2 is 1.85 bits per heavy atom. The summed E-state index contributed by atoms with van der Waals surface area (Å²) >= 11 is 0. The van der Waals surface area contributed by atoms with Crippen LogP contribution >= 0.6 is 10.8 Å². The highest BCUT2D eigenvalue weighted by molar-refractivity contribution is 8.71. The van der Waals surface area contributed by atoms with Crippen molar-refractivity contribution < 1.29 is 8.42 Å². The average Bonchev–Trinajstić information content (AvgIpc) is 2.04. The van der Waals surface area contributed by atoms with E-state index < -0.39 is 8.87 Å². The lowest BCUT2D eigenvalue weighted by Crippen LogP contribution is -1.98. The van der Waals surface area contributed by atoms with Gasteiger partial charge >= 0.3 is 0 Å². The molecule has 13 heavy (non-hydrogen) atoms. The third kappa shape index (κ3) is 3.83. The van der Waals surface area contributed by atoms with E-state index in [1.165, 1.54) is 0 Å². The predicted molar refractivity (Wildman–Crippen MR) is 57.2 cm³/mol. The normalized spacial score (nSPS) is 11.5. The van der Waals surface area contributed by atoms with E-state index >= 15 is 0 Å². The summed E-state index contributed by atoms with van der Waals surface area (Å²) in [7, 11) is -1.97. The number of hydrogen-bond acceptors (Lipinski definition) is 3. The molecule has 1 aromatic carbocycles. The van der Waals surface area contributed by atoms with Crippen LogP contribution < -0.4 is 0 Å². The summed E-state index contributed by atoms with van der Waals surface area (Å²) < 4.78 is 22.7. The summed E-state index contributed by atoms with van der Waals surface area (Å²) in [6.45, 7) is 1.84. The Hall–Kier alpha value is -0.480. The van der Waals surface area contributed by atoms with Crippen LogP contribution in [-0.2, 0) is 14.6 Å². The molecule has 0 radical (unpaired) electrons. The van der Waals surface area contributed by atoms with E-state index in [9.17, 15) is 8.42 Å². The van der Waals surface area contributed by atoms with Gasteiger partial charge < -0.3 is 0 Å². The highest BCUT2D eigenvalue weighted by atomic mass is 33.1. The Bertz CT molecular complexity index is 343. The van der Waals surface area contributed by atoms with Crippen LogP contribution in [0.1, 0.15) is 12.5 Å². The number of hydrogen-bond donors (Lipinski definition) is 0. The van der Waals surface area contributed by atoms with Crippen molar-refractivity contribution in [1.29, 1.82) is 0 Å². The lowest BCUT2D eigenvalue weighted by molar-refractivity contribution is 0.610. The van der Waals surface area contributed by atoms with Gasteiger partial charge in [-0.15, -0.1) is 0 Å². The molecule has 4 heteroatoms. The molecule has 1 rings (SSSR count). The molecule has 0 aliphatic carbocycles. The minimum Gasteiger partial charge on any atom is -0.217 e.